The van der Waals surface area contributed by atoms with Crippen LogP contribution in [0.25, 0.3) is 0 Å². The lowest BCUT2D eigenvalue weighted by atomic mass is 9.78. The third-order valence-corrected chi connectivity index (χ3v) is 6.19. The van der Waals surface area contributed by atoms with Gasteiger partial charge in [0, 0.05) is 11.2 Å². The third kappa shape index (κ3) is 9.74. The maximum atomic E-state index is 11.1. The molecule has 5 nitrogen and oxygen atoms in total. The first-order valence-corrected chi connectivity index (χ1v) is 13.1. The van der Waals surface area contributed by atoms with Crippen molar-refractivity contribution in [2.24, 2.45) is 0 Å². The number of benzene rings is 2. The predicted molar refractivity (Wildman–Crippen MR) is 141 cm³/mol. The largest absolute Gasteiger partial charge is 0.490 e. The molecule has 182 valence electrons. The molecule has 1 aliphatic heterocycles. The van der Waals surface area contributed by atoms with Gasteiger partial charge in [-0.2, -0.15) is 0 Å². The Labute approximate surface area is 206 Å². The number of carbonyl (C=O) groups is 1. The van der Waals surface area contributed by atoms with E-state index in [-0.39, 0.29) is 23.6 Å². The zero-order valence-electron chi connectivity index (χ0n) is 20.2. The Morgan fingerprint density at radius 2 is 1.61 bits per heavy atom. The van der Waals surface area contributed by atoms with Crippen LogP contribution >= 0.6 is 23.5 Å². The first kappa shape index (κ1) is 28.9. The van der Waals surface area contributed by atoms with Gasteiger partial charge in [0.2, 0.25) is 0 Å². The standard InChI is InChI=1S/C20H22O5S.C4H8S.C2H6/c1-20(2,15-5-9-17(10-6-15)24-13-21)14-3-7-16(8-4-14)23-11-18-12-26-19(22)25-18;1-3-5-4-2;1-2/h3-10,18,21H,11-13H2,1-2H3;3H,1,4H2,2H3;1-2H3. The van der Waals surface area contributed by atoms with Gasteiger partial charge in [-0.1, -0.05) is 65.5 Å². The molecule has 3 rings (SSSR count). The minimum atomic E-state index is -0.330. The van der Waals surface area contributed by atoms with Crippen LogP contribution in [0.5, 0.6) is 11.5 Å². The summed E-state index contributed by atoms with van der Waals surface area (Å²) in [5, 5.41) is 10.4. The van der Waals surface area contributed by atoms with Gasteiger partial charge in [0.05, 0.1) is 0 Å². The van der Waals surface area contributed by atoms with Crippen LogP contribution in [0.15, 0.2) is 60.5 Å². The van der Waals surface area contributed by atoms with Crippen molar-refractivity contribution in [1.82, 2.24) is 0 Å². The van der Waals surface area contributed by atoms with Crippen LogP contribution in [0, 0.1) is 0 Å². The van der Waals surface area contributed by atoms with Crippen LogP contribution in [0.2, 0.25) is 0 Å². The molecule has 7 heteroatoms. The number of hydrogen-bond acceptors (Lipinski definition) is 7. The molecule has 1 atom stereocenters. The monoisotopic (exact) mass is 492 g/mol. The van der Waals surface area contributed by atoms with Crippen molar-refractivity contribution in [3.63, 3.8) is 0 Å². The van der Waals surface area contributed by atoms with Crippen LogP contribution in [0.4, 0.5) is 4.79 Å². The second-order valence-corrected chi connectivity index (χ2v) is 9.38. The molecule has 0 aliphatic carbocycles. The summed E-state index contributed by atoms with van der Waals surface area (Å²) >= 11 is 2.91. The highest BCUT2D eigenvalue weighted by molar-refractivity contribution is 8.13. The molecule has 0 aromatic heterocycles. The number of hydrogen-bond donors (Lipinski definition) is 1. The summed E-state index contributed by atoms with van der Waals surface area (Å²) in [5.41, 5.74) is 2.11. The van der Waals surface area contributed by atoms with E-state index in [4.69, 9.17) is 19.3 Å². The quantitative estimate of drug-likeness (QED) is 0.302. The summed E-state index contributed by atoms with van der Waals surface area (Å²) in [6, 6.07) is 15.7. The van der Waals surface area contributed by atoms with Crippen molar-refractivity contribution in [2.45, 2.75) is 46.1 Å². The van der Waals surface area contributed by atoms with E-state index in [2.05, 4.69) is 27.4 Å². The van der Waals surface area contributed by atoms with Gasteiger partial charge in [-0.25, -0.2) is 4.79 Å². The van der Waals surface area contributed by atoms with E-state index in [1.807, 2.05) is 67.8 Å². The Kier molecular flexibility index (Phi) is 13.8. The topological polar surface area (TPSA) is 65.0 Å². The van der Waals surface area contributed by atoms with E-state index in [1.165, 1.54) is 11.8 Å². The van der Waals surface area contributed by atoms with Gasteiger partial charge in [-0.3, -0.25) is 0 Å². The average molecular weight is 493 g/mol. The van der Waals surface area contributed by atoms with Crippen molar-refractivity contribution in [3.05, 3.63) is 71.6 Å². The molecule has 1 fully saturated rings. The molecule has 0 radical (unpaired) electrons. The lowest BCUT2D eigenvalue weighted by molar-refractivity contribution is 0.0985. The smallest absolute Gasteiger partial charge is 0.367 e. The van der Waals surface area contributed by atoms with Crippen LogP contribution in [-0.4, -0.2) is 41.4 Å². The van der Waals surface area contributed by atoms with Crippen molar-refractivity contribution >= 4 is 28.8 Å². The van der Waals surface area contributed by atoms with Gasteiger partial charge in [0.15, 0.2) is 6.79 Å². The molecule has 0 saturated carbocycles. The van der Waals surface area contributed by atoms with E-state index in [1.54, 1.807) is 11.8 Å². The summed E-state index contributed by atoms with van der Waals surface area (Å²) in [4.78, 5) is 11.1. The van der Waals surface area contributed by atoms with E-state index >= 15 is 0 Å². The van der Waals surface area contributed by atoms with Crippen LogP contribution < -0.4 is 9.47 Å². The van der Waals surface area contributed by atoms with E-state index in [9.17, 15) is 4.79 Å². The molecule has 2 aromatic carbocycles. The fraction of sp³-hybridized carbons (Fsp3) is 0.423. The summed E-state index contributed by atoms with van der Waals surface area (Å²) in [7, 11) is 0. The Balaban J connectivity index is 0.000000689. The second-order valence-electron chi connectivity index (χ2n) is 7.18. The molecule has 1 N–H and O–H groups in total. The Hall–Kier alpha value is -2.09. The second kappa shape index (κ2) is 15.7. The molecule has 0 spiro atoms. The van der Waals surface area contributed by atoms with Crippen molar-refractivity contribution < 1.29 is 24.1 Å². The summed E-state index contributed by atoms with van der Waals surface area (Å²) in [6.45, 7) is 14.0. The highest BCUT2D eigenvalue weighted by atomic mass is 32.2. The third-order valence-electron chi connectivity index (χ3n) is 4.75. The predicted octanol–water partition coefficient (Wildman–Crippen LogP) is 6.88. The number of aliphatic hydroxyl groups is 1. The van der Waals surface area contributed by atoms with Gasteiger partial charge in [-0.05, 0) is 58.3 Å². The molecule has 0 bridgehead atoms. The SMILES string of the molecule is C=CSCC.CC.CC(C)(c1ccc(OCO)cc1)c1ccc(OCC2CSC(=O)O2)cc1. The molecule has 2 aromatic rings. The van der Waals surface area contributed by atoms with E-state index in [0.29, 0.717) is 18.1 Å². The summed E-state index contributed by atoms with van der Waals surface area (Å²) < 4.78 is 15.9. The van der Waals surface area contributed by atoms with Gasteiger partial charge < -0.3 is 19.3 Å². The zero-order valence-corrected chi connectivity index (χ0v) is 21.8. The Morgan fingerprint density at radius 3 is 1.97 bits per heavy atom. The number of rotatable bonds is 9. The molecule has 33 heavy (non-hydrogen) atoms. The molecule has 1 unspecified atom stereocenters. The number of carbonyl (C=O) groups excluding carboxylic acids is 1. The zero-order chi connectivity index (χ0) is 24.7. The Morgan fingerprint density at radius 1 is 1.09 bits per heavy atom. The number of ether oxygens (including phenoxy) is 3. The lowest BCUT2D eigenvalue weighted by Crippen LogP contribution is -2.20. The summed E-state index contributed by atoms with van der Waals surface area (Å²) in [6.07, 6.45) is -0.178. The minimum absolute atomic E-state index is 0.178. The first-order valence-electron chi connectivity index (χ1n) is 11.0. The van der Waals surface area contributed by atoms with Crippen molar-refractivity contribution in [3.8, 4) is 11.5 Å². The molecular weight excluding hydrogens is 456 g/mol. The van der Waals surface area contributed by atoms with E-state index in [0.717, 1.165) is 22.6 Å². The minimum Gasteiger partial charge on any atom is -0.490 e. The normalized spacial score (nSPS) is 14.7. The summed E-state index contributed by atoms with van der Waals surface area (Å²) in [5.74, 6) is 3.18. The van der Waals surface area contributed by atoms with Crippen LogP contribution in [0.1, 0.15) is 45.7 Å². The van der Waals surface area contributed by atoms with Gasteiger partial charge in [0.25, 0.3) is 0 Å². The molecular formula is C26H36O5S2. The number of thioether (sulfide) groups is 2. The van der Waals surface area contributed by atoms with Crippen LogP contribution in [-0.2, 0) is 10.2 Å². The number of aliphatic hydroxyl groups excluding tert-OH is 1. The highest BCUT2D eigenvalue weighted by Crippen LogP contribution is 2.33. The average Bonchev–Trinajstić information content (AvgIpc) is 3.26. The molecule has 1 heterocycles. The van der Waals surface area contributed by atoms with Gasteiger partial charge in [0.1, 0.15) is 24.2 Å². The first-order chi connectivity index (χ1) is 15.9. The highest BCUT2D eigenvalue weighted by Gasteiger charge is 2.25. The van der Waals surface area contributed by atoms with E-state index < -0.39 is 0 Å². The Bertz CT molecular complexity index is 820. The van der Waals surface area contributed by atoms with Crippen molar-refractivity contribution in [2.75, 3.05) is 24.9 Å². The molecule has 0 amide bonds. The van der Waals surface area contributed by atoms with Gasteiger partial charge in [-0.15, -0.1) is 11.8 Å². The maximum absolute atomic E-state index is 11.1. The fourth-order valence-electron chi connectivity index (χ4n) is 2.93. The molecule has 1 aliphatic rings. The lowest BCUT2D eigenvalue weighted by Gasteiger charge is -2.26. The fourth-order valence-corrected chi connectivity index (χ4v) is 3.86. The van der Waals surface area contributed by atoms with Crippen molar-refractivity contribution in [1.29, 1.82) is 0 Å². The maximum Gasteiger partial charge on any atom is 0.367 e. The van der Waals surface area contributed by atoms with Crippen LogP contribution in [0.3, 0.4) is 0 Å². The number of cyclic esters (lactones) is 1. The molecule has 1 saturated heterocycles. The van der Waals surface area contributed by atoms with Gasteiger partial charge >= 0.3 is 5.30 Å².